The van der Waals surface area contributed by atoms with E-state index in [1.807, 2.05) is 0 Å². The van der Waals surface area contributed by atoms with Crippen LogP contribution in [0.5, 0.6) is 5.75 Å². The van der Waals surface area contributed by atoms with Crippen molar-refractivity contribution in [3.63, 3.8) is 0 Å². The van der Waals surface area contributed by atoms with Crippen LogP contribution >= 0.6 is 22.6 Å². The molecule has 0 radical (unpaired) electrons. The molecule has 20 heavy (non-hydrogen) atoms. The quantitative estimate of drug-likeness (QED) is 0.423. The first-order chi connectivity index (χ1) is 8.97. The average molecular weight is 415 g/mol. The predicted molar refractivity (Wildman–Crippen MR) is 60.0 cm³/mol. The fourth-order valence-corrected chi connectivity index (χ4v) is 1.89. The van der Waals surface area contributed by atoms with Gasteiger partial charge in [-0.25, -0.2) is 9.78 Å². The van der Waals surface area contributed by atoms with Crippen LogP contribution < -0.4 is 4.74 Å². The van der Waals surface area contributed by atoms with Gasteiger partial charge >= 0.3 is 18.5 Å². The summed E-state index contributed by atoms with van der Waals surface area (Å²) in [4.78, 5) is 14.4. The maximum Gasteiger partial charge on any atom is 0.573 e. The molecule has 0 amide bonds. The highest BCUT2D eigenvalue weighted by Crippen LogP contribution is 2.41. The van der Waals surface area contributed by atoms with E-state index in [9.17, 15) is 31.1 Å². The zero-order valence-corrected chi connectivity index (χ0v) is 11.6. The van der Waals surface area contributed by atoms with Crippen molar-refractivity contribution in [1.82, 2.24) is 4.98 Å². The highest BCUT2D eigenvalue weighted by Gasteiger charge is 2.42. The van der Waals surface area contributed by atoms with Crippen LogP contribution in [-0.4, -0.2) is 24.4 Å². The molecule has 0 atom stereocenters. The van der Waals surface area contributed by atoms with Crippen LogP contribution in [0.1, 0.15) is 16.1 Å². The topological polar surface area (TPSA) is 48.4 Å². The summed E-state index contributed by atoms with van der Waals surface area (Å²) >= 11 is 1.10. The predicted octanol–water partition coefficient (Wildman–Crippen LogP) is 3.39. The fraction of sp³-hybridized carbons (Fsp3) is 0.333. The van der Waals surface area contributed by atoms with Gasteiger partial charge in [0.15, 0.2) is 11.4 Å². The molecule has 1 aromatic heterocycles. The molecule has 0 spiro atoms. The molecule has 0 saturated heterocycles. The van der Waals surface area contributed by atoms with Gasteiger partial charge in [0.25, 0.3) is 0 Å². The second-order valence-electron chi connectivity index (χ2n) is 3.20. The van der Waals surface area contributed by atoms with Gasteiger partial charge in [-0.15, -0.1) is 13.2 Å². The Labute approximate surface area is 121 Å². The van der Waals surface area contributed by atoms with Crippen molar-refractivity contribution in [2.75, 3.05) is 7.11 Å². The maximum absolute atomic E-state index is 12.6. The first kappa shape index (κ1) is 16.8. The highest BCUT2D eigenvalue weighted by atomic mass is 127. The molecule has 1 heterocycles. The Morgan fingerprint density at radius 3 is 2.20 bits per heavy atom. The van der Waals surface area contributed by atoms with Gasteiger partial charge in [0.1, 0.15) is 5.56 Å². The lowest BCUT2D eigenvalue weighted by molar-refractivity contribution is -0.276. The average Bonchev–Trinajstić information content (AvgIpc) is 2.27. The van der Waals surface area contributed by atoms with Crippen LogP contribution in [0.3, 0.4) is 0 Å². The lowest BCUT2D eigenvalue weighted by Crippen LogP contribution is -2.22. The number of esters is 1. The number of alkyl halides is 6. The Kier molecular flexibility index (Phi) is 4.71. The summed E-state index contributed by atoms with van der Waals surface area (Å²) in [7, 11) is 0.905. The lowest BCUT2D eigenvalue weighted by Gasteiger charge is -2.17. The number of rotatable bonds is 2. The third-order valence-electron chi connectivity index (χ3n) is 1.88. The number of hydrogen-bond acceptors (Lipinski definition) is 4. The second kappa shape index (κ2) is 5.61. The van der Waals surface area contributed by atoms with E-state index in [4.69, 9.17) is 0 Å². The van der Waals surface area contributed by atoms with E-state index >= 15 is 0 Å². The Morgan fingerprint density at radius 2 is 1.80 bits per heavy atom. The number of pyridine rings is 1. The van der Waals surface area contributed by atoms with Gasteiger partial charge < -0.3 is 9.47 Å². The molecule has 4 nitrogen and oxygen atoms in total. The molecule has 112 valence electrons. The van der Waals surface area contributed by atoms with Gasteiger partial charge in [-0.1, -0.05) is 0 Å². The maximum atomic E-state index is 12.6. The summed E-state index contributed by atoms with van der Waals surface area (Å²) < 4.78 is 81.2. The van der Waals surface area contributed by atoms with Crippen molar-refractivity contribution in [2.24, 2.45) is 0 Å². The van der Waals surface area contributed by atoms with Crippen molar-refractivity contribution in [2.45, 2.75) is 12.5 Å². The Hall–Kier alpha value is -1.27. The smallest absolute Gasteiger partial charge is 0.464 e. The van der Waals surface area contributed by atoms with Gasteiger partial charge in [-0.2, -0.15) is 13.2 Å². The second-order valence-corrected chi connectivity index (χ2v) is 4.28. The van der Waals surface area contributed by atoms with Crippen LogP contribution in [0.2, 0.25) is 0 Å². The molecular formula is C9H4F6INO3. The SMILES string of the molecule is COC(=O)c1ncc(C(F)(F)F)c(OC(F)(F)F)c1I. The number of methoxy groups -OCH3 is 1. The molecule has 1 aromatic rings. The standard InChI is InChI=1S/C9H4F6INO3/c1-19-7(18)5-4(16)6(20-9(13,14)15)3(2-17-5)8(10,11)12/h2H,1H3. The van der Waals surface area contributed by atoms with Crippen molar-refractivity contribution in [3.8, 4) is 5.75 Å². The molecule has 0 aromatic carbocycles. The van der Waals surface area contributed by atoms with Gasteiger partial charge in [0, 0.05) is 6.20 Å². The number of ether oxygens (including phenoxy) is 2. The fourth-order valence-electron chi connectivity index (χ4n) is 1.13. The van der Waals surface area contributed by atoms with Crippen LogP contribution in [-0.2, 0) is 10.9 Å². The summed E-state index contributed by atoms with van der Waals surface area (Å²) in [5.74, 6) is -2.73. The minimum absolute atomic E-state index is 0.0789. The van der Waals surface area contributed by atoms with E-state index in [1.165, 1.54) is 0 Å². The van der Waals surface area contributed by atoms with Crippen molar-refractivity contribution < 1.29 is 40.6 Å². The Bertz CT molecular complexity index is 528. The molecule has 1 rings (SSSR count). The molecule has 11 heteroatoms. The number of nitrogens with zero attached hydrogens (tertiary/aromatic N) is 1. The number of carbonyl (C=O) groups is 1. The molecule has 0 aliphatic heterocycles. The highest BCUT2D eigenvalue weighted by molar-refractivity contribution is 14.1. The van der Waals surface area contributed by atoms with E-state index in [-0.39, 0.29) is 6.20 Å². The minimum atomic E-state index is -5.35. The first-order valence-corrected chi connectivity index (χ1v) is 5.65. The van der Waals surface area contributed by atoms with E-state index in [2.05, 4.69) is 14.5 Å². The molecule has 0 N–H and O–H groups in total. The molecule has 0 unspecified atom stereocenters. The molecule has 0 fully saturated rings. The summed E-state index contributed by atoms with van der Waals surface area (Å²) in [6, 6.07) is 0. The molecular weight excluding hydrogens is 411 g/mol. The number of hydrogen-bond donors (Lipinski definition) is 0. The molecule has 0 saturated carbocycles. The van der Waals surface area contributed by atoms with E-state index < -0.39 is 39.1 Å². The van der Waals surface area contributed by atoms with Gasteiger partial charge in [0.2, 0.25) is 0 Å². The van der Waals surface area contributed by atoms with Gasteiger partial charge in [-0.3, -0.25) is 0 Å². The Balaban J connectivity index is 3.50. The molecule has 0 aliphatic rings. The van der Waals surface area contributed by atoms with Gasteiger partial charge in [-0.05, 0) is 22.6 Å². The van der Waals surface area contributed by atoms with Crippen molar-refractivity contribution in [1.29, 1.82) is 0 Å². The summed E-state index contributed by atoms with van der Waals surface area (Å²) in [6.07, 6.45) is -10.4. The number of halogens is 7. The number of carbonyl (C=O) groups excluding carboxylic acids is 1. The van der Waals surface area contributed by atoms with Crippen molar-refractivity contribution >= 4 is 28.6 Å². The first-order valence-electron chi connectivity index (χ1n) is 4.57. The van der Waals surface area contributed by atoms with Crippen LogP contribution in [0, 0.1) is 3.57 Å². The van der Waals surface area contributed by atoms with Crippen molar-refractivity contribution in [3.05, 3.63) is 21.0 Å². The number of aromatic nitrogens is 1. The normalized spacial score (nSPS) is 12.2. The van der Waals surface area contributed by atoms with E-state index in [1.54, 1.807) is 0 Å². The van der Waals surface area contributed by atoms with Crippen LogP contribution in [0.25, 0.3) is 0 Å². The summed E-state index contributed by atoms with van der Waals surface area (Å²) in [5.41, 5.74) is -2.45. The summed E-state index contributed by atoms with van der Waals surface area (Å²) in [5, 5.41) is 0. The Morgan fingerprint density at radius 1 is 1.25 bits per heavy atom. The monoisotopic (exact) mass is 415 g/mol. The third kappa shape index (κ3) is 3.86. The molecule has 0 bridgehead atoms. The minimum Gasteiger partial charge on any atom is -0.464 e. The molecule has 0 aliphatic carbocycles. The zero-order chi connectivity index (χ0) is 15.7. The lowest BCUT2D eigenvalue weighted by atomic mass is 10.2. The van der Waals surface area contributed by atoms with Gasteiger partial charge in [0.05, 0.1) is 10.7 Å². The third-order valence-corrected chi connectivity index (χ3v) is 2.88. The zero-order valence-electron chi connectivity index (χ0n) is 9.40. The van der Waals surface area contributed by atoms with E-state index in [0.29, 0.717) is 0 Å². The van der Waals surface area contributed by atoms with Crippen LogP contribution in [0.4, 0.5) is 26.3 Å². The summed E-state index contributed by atoms with van der Waals surface area (Å²) in [6.45, 7) is 0. The largest absolute Gasteiger partial charge is 0.573 e. The van der Waals surface area contributed by atoms with Crippen LogP contribution in [0.15, 0.2) is 6.20 Å². The van der Waals surface area contributed by atoms with E-state index in [0.717, 1.165) is 29.7 Å².